The molecule has 21 heavy (non-hydrogen) atoms. The van der Waals surface area contributed by atoms with Crippen LogP contribution in [0.25, 0.3) is 0 Å². The van der Waals surface area contributed by atoms with E-state index in [1.807, 2.05) is 20.8 Å². The molecule has 1 aromatic heterocycles. The van der Waals surface area contributed by atoms with Crippen molar-refractivity contribution in [1.82, 2.24) is 9.78 Å². The maximum Gasteiger partial charge on any atom is 0.135 e. The molecule has 0 radical (unpaired) electrons. The minimum absolute atomic E-state index is 0.298. The van der Waals surface area contributed by atoms with Crippen molar-refractivity contribution >= 4 is 0 Å². The monoisotopic (exact) mass is 294 g/mol. The maximum absolute atomic E-state index is 14.2. The summed E-state index contributed by atoms with van der Waals surface area (Å²) in [5, 5.41) is 14.8. The Kier molecular flexibility index (Phi) is 3.89. The molecule has 1 unspecified atom stereocenters. The van der Waals surface area contributed by atoms with E-state index in [1.165, 1.54) is 12.1 Å². The van der Waals surface area contributed by atoms with E-state index >= 15 is 0 Å². The summed E-state index contributed by atoms with van der Waals surface area (Å²) in [6.07, 6.45) is 0.222. The summed E-state index contributed by atoms with van der Waals surface area (Å²) in [6.45, 7) is 7.36. The first-order valence-corrected chi connectivity index (χ1v) is 6.79. The van der Waals surface area contributed by atoms with Crippen molar-refractivity contribution in [3.8, 4) is 0 Å². The number of hydrogen-bond acceptors (Lipinski definition) is 2. The van der Waals surface area contributed by atoms with E-state index in [0.717, 1.165) is 0 Å². The highest BCUT2D eigenvalue weighted by molar-refractivity contribution is 5.37. The molecule has 114 valence electrons. The number of rotatable bonds is 2. The van der Waals surface area contributed by atoms with Crippen LogP contribution < -0.4 is 0 Å². The van der Waals surface area contributed by atoms with Crippen molar-refractivity contribution in [3.05, 3.63) is 52.3 Å². The fourth-order valence-electron chi connectivity index (χ4n) is 2.37. The molecular formula is C16H20F2N2O. The van der Waals surface area contributed by atoms with Gasteiger partial charge >= 0.3 is 0 Å². The van der Waals surface area contributed by atoms with E-state index in [9.17, 15) is 13.9 Å². The SMILES string of the molecule is Cc1ccc(F)c(C(O)c2cn(C)nc2C(C)(C)C)c1F. The average Bonchev–Trinajstić information content (AvgIpc) is 2.76. The molecule has 5 heteroatoms. The molecular weight excluding hydrogens is 274 g/mol. The normalized spacial score (nSPS) is 13.5. The second-order valence-corrected chi connectivity index (χ2v) is 6.35. The highest BCUT2D eigenvalue weighted by atomic mass is 19.1. The van der Waals surface area contributed by atoms with Crippen molar-refractivity contribution in [2.24, 2.45) is 7.05 Å². The Balaban J connectivity index is 2.61. The highest BCUT2D eigenvalue weighted by Crippen LogP contribution is 2.34. The first-order chi connectivity index (χ1) is 9.62. The molecule has 1 N–H and O–H groups in total. The Morgan fingerprint density at radius 3 is 2.43 bits per heavy atom. The third kappa shape index (κ3) is 2.83. The predicted molar refractivity (Wildman–Crippen MR) is 77.1 cm³/mol. The lowest BCUT2D eigenvalue weighted by Crippen LogP contribution is -2.17. The standard InChI is InChI=1S/C16H20F2N2O/c1-9-6-7-11(17)12(13(9)18)14(21)10-8-20(5)19-15(10)16(2,3)4/h6-8,14,21H,1-5H3. The summed E-state index contributed by atoms with van der Waals surface area (Å²) in [5.41, 5.74) is 0.681. The third-order valence-electron chi connectivity index (χ3n) is 3.46. The maximum atomic E-state index is 14.2. The molecule has 0 aliphatic heterocycles. The number of hydrogen-bond donors (Lipinski definition) is 1. The Morgan fingerprint density at radius 2 is 1.86 bits per heavy atom. The van der Waals surface area contributed by atoms with Crippen LogP contribution in [0.1, 0.15) is 49.3 Å². The number of aromatic nitrogens is 2. The number of aliphatic hydroxyl groups excluding tert-OH is 1. The molecule has 0 saturated carbocycles. The molecule has 1 aromatic carbocycles. The molecule has 0 saturated heterocycles. The van der Waals surface area contributed by atoms with Gasteiger partial charge in [-0.1, -0.05) is 26.8 Å². The summed E-state index contributed by atoms with van der Waals surface area (Å²) in [4.78, 5) is 0. The van der Waals surface area contributed by atoms with Crippen molar-refractivity contribution in [2.45, 2.75) is 39.2 Å². The highest BCUT2D eigenvalue weighted by Gasteiger charge is 2.29. The van der Waals surface area contributed by atoms with Gasteiger partial charge in [0.25, 0.3) is 0 Å². The largest absolute Gasteiger partial charge is 0.383 e. The Bertz CT molecular complexity index is 672. The van der Waals surface area contributed by atoms with Crippen LogP contribution in [0.15, 0.2) is 18.3 Å². The second kappa shape index (κ2) is 5.22. The number of halogens is 2. The molecule has 0 fully saturated rings. The van der Waals surface area contributed by atoms with Crippen LogP contribution in [-0.2, 0) is 12.5 Å². The molecule has 1 heterocycles. The van der Waals surface area contributed by atoms with Crippen molar-refractivity contribution in [1.29, 1.82) is 0 Å². The molecule has 1 atom stereocenters. The molecule has 2 rings (SSSR count). The van der Waals surface area contributed by atoms with Gasteiger partial charge in [-0.25, -0.2) is 8.78 Å². The van der Waals surface area contributed by atoms with Crippen LogP contribution in [0.2, 0.25) is 0 Å². The van der Waals surface area contributed by atoms with Crippen LogP contribution in [0.3, 0.4) is 0 Å². The summed E-state index contributed by atoms with van der Waals surface area (Å²) in [7, 11) is 1.72. The summed E-state index contributed by atoms with van der Waals surface area (Å²) in [5.74, 6) is -1.47. The number of benzene rings is 1. The first kappa shape index (κ1) is 15.6. The van der Waals surface area contributed by atoms with E-state index in [4.69, 9.17) is 0 Å². The topological polar surface area (TPSA) is 38.0 Å². The summed E-state index contributed by atoms with van der Waals surface area (Å²) < 4.78 is 29.7. The lowest BCUT2D eigenvalue weighted by atomic mass is 9.86. The fraction of sp³-hybridized carbons (Fsp3) is 0.438. The summed E-state index contributed by atoms with van der Waals surface area (Å²) in [6, 6.07) is 2.53. The van der Waals surface area contributed by atoms with Crippen molar-refractivity contribution < 1.29 is 13.9 Å². The molecule has 0 aliphatic carbocycles. The Morgan fingerprint density at radius 1 is 1.24 bits per heavy atom. The zero-order valence-electron chi connectivity index (χ0n) is 12.9. The van der Waals surface area contributed by atoms with Gasteiger partial charge < -0.3 is 5.11 Å². The molecule has 0 amide bonds. The minimum Gasteiger partial charge on any atom is -0.383 e. The van der Waals surface area contributed by atoms with E-state index in [0.29, 0.717) is 16.8 Å². The van der Waals surface area contributed by atoms with Gasteiger partial charge in [0.15, 0.2) is 0 Å². The third-order valence-corrected chi connectivity index (χ3v) is 3.46. The summed E-state index contributed by atoms with van der Waals surface area (Å²) >= 11 is 0. The molecule has 0 spiro atoms. The van der Waals surface area contributed by atoms with Crippen molar-refractivity contribution in [3.63, 3.8) is 0 Å². The van der Waals surface area contributed by atoms with Crippen LogP contribution in [-0.4, -0.2) is 14.9 Å². The van der Waals surface area contributed by atoms with Gasteiger partial charge in [-0.2, -0.15) is 5.10 Å². The van der Waals surface area contributed by atoms with Crippen molar-refractivity contribution in [2.75, 3.05) is 0 Å². The van der Waals surface area contributed by atoms with Crippen LogP contribution >= 0.6 is 0 Å². The number of aliphatic hydroxyl groups is 1. The second-order valence-electron chi connectivity index (χ2n) is 6.35. The quantitative estimate of drug-likeness (QED) is 0.922. The number of aryl methyl sites for hydroxylation is 2. The van der Waals surface area contributed by atoms with Gasteiger partial charge in [-0.05, 0) is 18.6 Å². The van der Waals surface area contributed by atoms with Gasteiger partial charge in [0, 0.05) is 24.2 Å². The molecule has 2 aromatic rings. The van der Waals surface area contributed by atoms with Gasteiger partial charge in [0.2, 0.25) is 0 Å². The zero-order valence-corrected chi connectivity index (χ0v) is 12.9. The van der Waals surface area contributed by atoms with Crippen LogP contribution in [0.4, 0.5) is 8.78 Å². The van der Waals surface area contributed by atoms with Gasteiger partial charge in [-0.3, -0.25) is 4.68 Å². The van der Waals surface area contributed by atoms with Gasteiger partial charge in [0.1, 0.15) is 17.7 Å². The smallest absolute Gasteiger partial charge is 0.135 e. The molecule has 3 nitrogen and oxygen atoms in total. The first-order valence-electron chi connectivity index (χ1n) is 6.79. The van der Waals surface area contributed by atoms with Crippen LogP contribution in [0, 0.1) is 18.6 Å². The molecule has 0 bridgehead atoms. The lowest BCUT2D eigenvalue weighted by Gasteiger charge is -2.21. The van der Waals surface area contributed by atoms with E-state index < -0.39 is 17.7 Å². The van der Waals surface area contributed by atoms with Crippen LogP contribution in [0.5, 0.6) is 0 Å². The Labute approximate surface area is 123 Å². The number of nitrogens with zero attached hydrogens (tertiary/aromatic N) is 2. The average molecular weight is 294 g/mol. The molecule has 0 aliphatic rings. The predicted octanol–water partition coefficient (Wildman–Crippen LogP) is 3.39. The lowest BCUT2D eigenvalue weighted by molar-refractivity contribution is 0.206. The van der Waals surface area contributed by atoms with E-state index in [-0.39, 0.29) is 11.0 Å². The van der Waals surface area contributed by atoms with Gasteiger partial charge in [-0.15, -0.1) is 0 Å². The fourth-order valence-corrected chi connectivity index (χ4v) is 2.37. The van der Waals surface area contributed by atoms with Gasteiger partial charge in [0.05, 0.1) is 11.3 Å². The zero-order chi connectivity index (χ0) is 15.9. The Hall–Kier alpha value is -1.75. The minimum atomic E-state index is -1.38. The van der Waals surface area contributed by atoms with E-state index in [2.05, 4.69) is 5.10 Å². The van der Waals surface area contributed by atoms with E-state index in [1.54, 1.807) is 24.9 Å².